The Morgan fingerprint density at radius 1 is 1.73 bits per heavy atom. The van der Waals surface area contributed by atoms with Crippen molar-refractivity contribution < 1.29 is 19.3 Å². The van der Waals surface area contributed by atoms with Crippen LogP contribution < -0.4 is 0 Å². The Kier molecular flexibility index (Phi) is 3.48. The number of carbonyl (C=O) groups is 1. The molecule has 0 spiro atoms. The van der Waals surface area contributed by atoms with E-state index in [9.17, 15) is 4.79 Å². The van der Waals surface area contributed by atoms with Gasteiger partial charge in [-0.05, 0) is 0 Å². The molecule has 0 bridgehead atoms. The molecule has 0 aromatic carbocycles. The fraction of sp³-hybridized carbons (Fsp3) is 0.857. The number of rotatable bonds is 3. The highest BCUT2D eigenvalue weighted by Crippen LogP contribution is 2.09. The van der Waals surface area contributed by atoms with Crippen molar-refractivity contribution in [2.24, 2.45) is 0 Å². The van der Waals surface area contributed by atoms with E-state index in [1.807, 2.05) is 0 Å². The van der Waals surface area contributed by atoms with E-state index >= 15 is 0 Å². The van der Waals surface area contributed by atoms with Gasteiger partial charge in [0.2, 0.25) is 0 Å². The Labute approximate surface area is 65.4 Å². The summed E-state index contributed by atoms with van der Waals surface area (Å²) >= 11 is 0. The van der Waals surface area contributed by atoms with Crippen LogP contribution in [-0.4, -0.2) is 32.2 Å². The van der Waals surface area contributed by atoms with Gasteiger partial charge in [-0.3, -0.25) is 4.79 Å². The average Bonchev–Trinajstić information content (AvgIpc) is 2.01. The summed E-state index contributed by atoms with van der Waals surface area (Å²) in [5, 5.41) is 0. The molecule has 4 heteroatoms. The third-order valence-electron chi connectivity index (χ3n) is 1.56. The van der Waals surface area contributed by atoms with Crippen LogP contribution in [0, 0.1) is 0 Å². The molecule has 0 aromatic rings. The zero-order valence-electron chi connectivity index (χ0n) is 6.54. The second-order valence-corrected chi connectivity index (χ2v) is 2.44. The quantitative estimate of drug-likeness (QED) is 0.440. The SMILES string of the molecule is COOCC1CC(=O)CCO1. The number of Topliss-reactive ketones (excluding diaryl/α,β-unsaturated/α-hetero) is 1. The lowest BCUT2D eigenvalue weighted by Gasteiger charge is -2.20. The lowest BCUT2D eigenvalue weighted by atomic mass is 10.1. The van der Waals surface area contributed by atoms with Crippen LogP contribution in [-0.2, 0) is 19.3 Å². The molecule has 0 aliphatic carbocycles. The summed E-state index contributed by atoms with van der Waals surface area (Å²) < 4.78 is 5.22. The van der Waals surface area contributed by atoms with Crippen LogP contribution in [0.5, 0.6) is 0 Å². The maximum absolute atomic E-state index is 10.9. The zero-order valence-corrected chi connectivity index (χ0v) is 6.54. The minimum Gasteiger partial charge on any atom is -0.375 e. The zero-order chi connectivity index (χ0) is 8.10. The molecule has 0 N–H and O–H groups in total. The van der Waals surface area contributed by atoms with Crippen molar-refractivity contribution in [3.05, 3.63) is 0 Å². The molecule has 4 nitrogen and oxygen atoms in total. The lowest BCUT2D eigenvalue weighted by molar-refractivity contribution is -0.288. The predicted molar refractivity (Wildman–Crippen MR) is 36.9 cm³/mol. The van der Waals surface area contributed by atoms with Gasteiger partial charge in [0, 0.05) is 12.8 Å². The van der Waals surface area contributed by atoms with Gasteiger partial charge in [0.1, 0.15) is 12.4 Å². The standard InChI is InChI=1S/C7H12O4/c1-9-11-5-7-4-6(8)2-3-10-7/h7H,2-5H2,1H3. The smallest absolute Gasteiger partial charge is 0.137 e. The minimum absolute atomic E-state index is 0.115. The normalized spacial score (nSPS) is 25.5. The van der Waals surface area contributed by atoms with Crippen molar-refractivity contribution in [1.82, 2.24) is 0 Å². The molecular weight excluding hydrogens is 148 g/mol. The first-order valence-electron chi connectivity index (χ1n) is 3.62. The van der Waals surface area contributed by atoms with E-state index in [1.54, 1.807) is 0 Å². The molecule has 0 amide bonds. The molecule has 0 aromatic heterocycles. The van der Waals surface area contributed by atoms with Crippen LogP contribution in [0.15, 0.2) is 0 Å². The molecule has 0 radical (unpaired) electrons. The molecule has 64 valence electrons. The predicted octanol–water partition coefficient (Wildman–Crippen LogP) is 0.313. The van der Waals surface area contributed by atoms with Gasteiger partial charge in [-0.15, -0.1) is 0 Å². The second-order valence-electron chi connectivity index (χ2n) is 2.44. The van der Waals surface area contributed by atoms with Gasteiger partial charge >= 0.3 is 0 Å². The van der Waals surface area contributed by atoms with Crippen LogP contribution >= 0.6 is 0 Å². The largest absolute Gasteiger partial charge is 0.375 e. The maximum atomic E-state index is 10.9. The molecule has 1 aliphatic heterocycles. The Morgan fingerprint density at radius 3 is 3.18 bits per heavy atom. The van der Waals surface area contributed by atoms with Crippen molar-refractivity contribution in [2.75, 3.05) is 20.3 Å². The molecular formula is C7H12O4. The Bertz CT molecular complexity index is 134. The first-order chi connectivity index (χ1) is 5.33. The maximum Gasteiger partial charge on any atom is 0.137 e. The van der Waals surface area contributed by atoms with Gasteiger partial charge in [0.15, 0.2) is 0 Å². The molecule has 1 fully saturated rings. The lowest BCUT2D eigenvalue weighted by Crippen LogP contribution is -2.29. The topological polar surface area (TPSA) is 44.8 Å². The van der Waals surface area contributed by atoms with Crippen molar-refractivity contribution in [1.29, 1.82) is 0 Å². The molecule has 1 heterocycles. The Balaban J connectivity index is 2.17. The van der Waals surface area contributed by atoms with Crippen molar-refractivity contribution in [3.63, 3.8) is 0 Å². The van der Waals surface area contributed by atoms with Crippen molar-refractivity contribution in [2.45, 2.75) is 18.9 Å². The highest BCUT2D eigenvalue weighted by Gasteiger charge is 2.19. The summed E-state index contributed by atoms with van der Waals surface area (Å²) in [4.78, 5) is 19.9. The molecule has 1 unspecified atom stereocenters. The van der Waals surface area contributed by atoms with Gasteiger partial charge in [-0.25, -0.2) is 9.78 Å². The Hall–Kier alpha value is -0.450. The number of hydrogen-bond acceptors (Lipinski definition) is 4. The summed E-state index contributed by atoms with van der Waals surface area (Å²) in [6.45, 7) is 0.846. The van der Waals surface area contributed by atoms with Gasteiger partial charge in [0.05, 0.1) is 19.8 Å². The molecule has 1 atom stereocenters. The number of carbonyl (C=O) groups excluding carboxylic acids is 1. The van der Waals surface area contributed by atoms with Crippen LogP contribution in [0.3, 0.4) is 0 Å². The van der Waals surface area contributed by atoms with Crippen LogP contribution in [0.4, 0.5) is 0 Å². The van der Waals surface area contributed by atoms with E-state index in [-0.39, 0.29) is 11.9 Å². The highest BCUT2D eigenvalue weighted by molar-refractivity contribution is 5.79. The summed E-state index contributed by atoms with van der Waals surface area (Å²) in [5.74, 6) is 0.237. The van der Waals surface area contributed by atoms with Crippen LogP contribution in [0.2, 0.25) is 0 Å². The van der Waals surface area contributed by atoms with Gasteiger partial charge in [-0.2, -0.15) is 0 Å². The number of ketones is 1. The molecule has 0 saturated carbocycles. The number of hydrogen-bond donors (Lipinski definition) is 0. The van der Waals surface area contributed by atoms with E-state index in [2.05, 4.69) is 9.78 Å². The average molecular weight is 160 g/mol. The van der Waals surface area contributed by atoms with Gasteiger partial charge in [0.25, 0.3) is 0 Å². The molecule has 11 heavy (non-hydrogen) atoms. The molecule has 1 rings (SSSR count). The summed E-state index contributed by atoms with van der Waals surface area (Å²) in [6, 6.07) is 0. The summed E-state index contributed by atoms with van der Waals surface area (Å²) in [6.07, 6.45) is 0.864. The van der Waals surface area contributed by atoms with E-state index in [0.717, 1.165) is 0 Å². The fourth-order valence-electron chi connectivity index (χ4n) is 1.01. The Morgan fingerprint density at radius 2 is 2.55 bits per heavy atom. The first-order valence-corrected chi connectivity index (χ1v) is 3.62. The van der Waals surface area contributed by atoms with E-state index < -0.39 is 0 Å². The number of ether oxygens (including phenoxy) is 1. The summed E-state index contributed by atoms with van der Waals surface area (Å²) in [7, 11) is 1.44. The van der Waals surface area contributed by atoms with Gasteiger partial charge < -0.3 is 4.74 Å². The van der Waals surface area contributed by atoms with E-state index in [4.69, 9.17) is 4.74 Å². The summed E-state index contributed by atoms with van der Waals surface area (Å²) in [5.41, 5.74) is 0. The third kappa shape index (κ3) is 2.96. The molecule has 1 saturated heterocycles. The molecule has 1 aliphatic rings. The monoisotopic (exact) mass is 160 g/mol. The third-order valence-corrected chi connectivity index (χ3v) is 1.56. The second kappa shape index (κ2) is 4.43. The van der Waals surface area contributed by atoms with Crippen molar-refractivity contribution >= 4 is 5.78 Å². The first kappa shape index (κ1) is 8.64. The highest BCUT2D eigenvalue weighted by atomic mass is 17.2. The fourth-order valence-corrected chi connectivity index (χ4v) is 1.01. The van der Waals surface area contributed by atoms with E-state index in [0.29, 0.717) is 26.1 Å². The van der Waals surface area contributed by atoms with Crippen molar-refractivity contribution in [3.8, 4) is 0 Å². The van der Waals surface area contributed by atoms with Crippen LogP contribution in [0.1, 0.15) is 12.8 Å². The van der Waals surface area contributed by atoms with Crippen LogP contribution in [0.25, 0.3) is 0 Å². The van der Waals surface area contributed by atoms with Gasteiger partial charge in [-0.1, -0.05) is 0 Å². The van der Waals surface area contributed by atoms with E-state index in [1.165, 1.54) is 7.11 Å². The minimum atomic E-state index is -0.115.